The van der Waals surface area contributed by atoms with Crippen LogP contribution in [-0.4, -0.2) is 29.2 Å². The van der Waals surface area contributed by atoms with Gasteiger partial charge in [-0.25, -0.2) is 9.78 Å². The maximum absolute atomic E-state index is 11.1. The third-order valence-corrected chi connectivity index (χ3v) is 3.61. The first kappa shape index (κ1) is 12.9. The van der Waals surface area contributed by atoms with Crippen LogP contribution in [-0.2, 0) is 6.42 Å². The summed E-state index contributed by atoms with van der Waals surface area (Å²) < 4.78 is 2.36. The molecule has 100 valence electrons. The van der Waals surface area contributed by atoms with E-state index >= 15 is 0 Å². The molecule has 1 saturated carbocycles. The summed E-state index contributed by atoms with van der Waals surface area (Å²) in [5.41, 5.74) is 1.23. The Kier molecular flexibility index (Phi) is 4.23. The fourth-order valence-electron chi connectivity index (χ4n) is 2.72. The van der Waals surface area contributed by atoms with Gasteiger partial charge in [0.1, 0.15) is 5.82 Å². The van der Waals surface area contributed by atoms with E-state index in [1.54, 1.807) is 7.05 Å². The molecule has 2 amide bonds. The summed E-state index contributed by atoms with van der Waals surface area (Å²) in [6.07, 6.45) is 7.88. The van der Waals surface area contributed by atoms with Crippen LogP contribution in [0.25, 0.3) is 0 Å². The average molecular weight is 250 g/mol. The monoisotopic (exact) mass is 250 g/mol. The first-order valence-electron chi connectivity index (χ1n) is 6.70. The second-order valence-corrected chi connectivity index (χ2v) is 4.88. The van der Waals surface area contributed by atoms with Gasteiger partial charge in [0, 0.05) is 37.9 Å². The van der Waals surface area contributed by atoms with Gasteiger partial charge in [0.05, 0.1) is 0 Å². The third-order valence-electron chi connectivity index (χ3n) is 3.61. The minimum absolute atomic E-state index is 0.134. The van der Waals surface area contributed by atoms with Gasteiger partial charge in [-0.2, -0.15) is 0 Å². The summed E-state index contributed by atoms with van der Waals surface area (Å²) in [6.45, 7) is 2.74. The molecular formula is C13H22N4O. The lowest BCUT2D eigenvalue weighted by Gasteiger charge is -2.17. The maximum atomic E-state index is 11.1. The lowest BCUT2D eigenvalue weighted by molar-refractivity contribution is 0.243. The highest BCUT2D eigenvalue weighted by Crippen LogP contribution is 2.31. The van der Waals surface area contributed by atoms with Gasteiger partial charge in [-0.1, -0.05) is 12.8 Å². The first-order valence-corrected chi connectivity index (χ1v) is 6.70. The maximum Gasteiger partial charge on any atom is 0.314 e. The van der Waals surface area contributed by atoms with Gasteiger partial charge in [0.15, 0.2) is 0 Å². The summed E-state index contributed by atoms with van der Waals surface area (Å²) in [5, 5.41) is 5.35. The molecule has 0 bridgehead atoms. The second kappa shape index (κ2) is 5.89. The molecule has 0 unspecified atom stereocenters. The Labute approximate surface area is 108 Å². The van der Waals surface area contributed by atoms with Crippen LogP contribution in [0.2, 0.25) is 0 Å². The number of aryl methyl sites for hydroxylation is 1. The van der Waals surface area contributed by atoms with Crippen LogP contribution in [0.1, 0.15) is 43.2 Å². The van der Waals surface area contributed by atoms with Crippen molar-refractivity contribution < 1.29 is 4.79 Å². The normalized spacial score (nSPS) is 15.9. The molecule has 0 saturated heterocycles. The smallest absolute Gasteiger partial charge is 0.314 e. The van der Waals surface area contributed by atoms with E-state index in [9.17, 15) is 4.79 Å². The van der Waals surface area contributed by atoms with E-state index in [4.69, 9.17) is 0 Å². The summed E-state index contributed by atoms with van der Waals surface area (Å²) in [7, 11) is 1.62. The summed E-state index contributed by atoms with van der Waals surface area (Å²) in [5.74, 6) is 1.09. The van der Waals surface area contributed by atoms with Gasteiger partial charge < -0.3 is 15.2 Å². The van der Waals surface area contributed by atoms with E-state index in [-0.39, 0.29) is 6.03 Å². The lowest BCUT2D eigenvalue weighted by Crippen LogP contribution is -2.34. The lowest BCUT2D eigenvalue weighted by atomic mass is 10.2. The molecule has 1 aliphatic carbocycles. The Morgan fingerprint density at radius 3 is 2.89 bits per heavy atom. The summed E-state index contributed by atoms with van der Waals surface area (Å²) >= 11 is 0. The highest BCUT2D eigenvalue weighted by molar-refractivity contribution is 5.73. The van der Waals surface area contributed by atoms with Crippen LogP contribution < -0.4 is 10.6 Å². The number of amides is 2. The van der Waals surface area contributed by atoms with E-state index < -0.39 is 0 Å². The van der Waals surface area contributed by atoms with Crippen LogP contribution in [0.15, 0.2) is 6.20 Å². The number of urea groups is 1. The molecule has 1 heterocycles. The van der Waals surface area contributed by atoms with Crippen molar-refractivity contribution in [1.29, 1.82) is 0 Å². The van der Waals surface area contributed by atoms with E-state index in [2.05, 4.69) is 27.1 Å². The molecule has 1 aromatic heterocycles. The van der Waals surface area contributed by atoms with Gasteiger partial charge in [-0.3, -0.25) is 0 Å². The molecule has 0 aromatic carbocycles. The fraction of sp³-hybridized carbons (Fsp3) is 0.692. The molecular weight excluding hydrogens is 228 g/mol. The molecule has 2 N–H and O–H groups in total. The average Bonchev–Trinajstić information content (AvgIpc) is 2.98. The van der Waals surface area contributed by atoms with Crippen LogP contribution in [0.5, 0.6) is 0 Å². The van der Waals surface area contributed by atoms with E-state index in [1.165, 1.54) is 31.4 Å². The standard InChI is InChI=1S/C13H22N4O/c1-10-9-16-12(7-8-15-13(18)14-2)17(10)11-5-3-4-6-11/h9,11H,3-8H2,1-2H3,(H2,14,15,18). The molecule has 0 spiro atoms. The van der Waals surface area contributed by atoms with Crippen molar-refractivity contribution in [3.05, 3.63) is 17.7 Å². The molecule has 1 aromatic rings. The zero-order chi connectivity index (χ0) is 13.0. The number of imidazole rings is 1. The second-order valence-electron chi connectivity index (χ2n) is 4.88. The Morgan fingerprint density at radius 1 is 1.50 bits per heavy atom. The summed E-state index contributed by atoms with van der Waals surface area (Å²) in [4.78, 5) is 15.6. The van der Waals surface area contributed by atoms with Crippen molar-refractivity contribution >= 4 is 6.03 Å². The number of carbonyl (C=O) groups is 1. The van der Waals surface area contributed by atoms with Crippen molar-refractivity contribution in [2.75, 3.05) is 13.6 Å². The zero-order valence-electron chi connectivity index (χ0n) is 11.2. The Balaban J connectivity index is 1.97. The molecule has 1 fully saturated rings. The zero-order valence-corrected chi connectivity index (χ0v) is 11.2. The van der Waals surface area contributed by atoms with Gasteiger partial charge in [-0.05, 0) is 19.8 Å². The highest BCUT2D eigenvalue weighted by atomic mass is 16.2. The highest BCUT2D eigenvalue weighted by Gasteiger charge is 2.20. The van der Waals surface area contributed by atoms with Crippen LogP contribution in [0.4, 0.5) is 4.79 Å². The molecule has 5 heteroatoms. The predicted molar refractivity (Wildman–Crippen MR) is 70.6 cm³/mol. The number of hydrogen-bond donors (Lipinski definition) is 2. The Morgan fingerprint density at radius 2 is 2.22 bits per heavy atom. The SMILES string of the molecule is CNC(=O)NCCc1ncc(C)n1C1CCCC1. The summed E-state index contributed by atoms with van der Waals surface area (Å²) in [6, 6.07) is 0.480. The van der Waals surface area contributed by atoms with E-state index in [0.29, 0.717) is 12.6 Å². The van der Waals surface area contributed by atoms with Crippen molar-refractivity contribution in [3.8, 4) is 0 Å². The molecule has 0 aliphatic heterocycles. The molecule has 2 rings (SSSR count). The van der Waals surface area contributed by atoms with Crippen LogP contribution in [0, 0.1) is 6.92 Å². The van der Waals surface area contributed by atoms with Crippen LogP contribution >= 0.6 is 0 Å². The predicted octanol–water partition coefficient (Wildman–Crippen LogP) is 1.78. The Bertz CT molecular complexity index is 407. The van der Waals surface area contributed by atoms with E-state index in [1.807, 2.05) is 6.20 Å². The van der Waals surface area contributed by atoms with Crippen molar-refractivity contribution in [2.24, 2.45) is 0 Å². The fourth-order valence-corrected chi connectivity index (χ4v) is 2.72. The number of nitrogens with zero attached hydrogens (tertiary/aromatic N) is 2. The number of rotatable bonds is 4. The minimum Gasteiger partial charge on any atom is -0.341 e. The third kappa shape index (κ3) is 2.83. The van der Waals surface area contributed by atoms with Gasteiger partial charge in [-0.15, -0.1) is 0 Å². The molecule has 1 aliphatic rings. The molecule has 5 nitrogen and oxygen atoms in total. The molecule has 0 atom stereocenters. The number of hydrogen-bond acceptors (Lipinski definition) is 2. The first-order chi connectivity index (χ1) is 8.72. The van der Waals surface area contributed by atoms with Gasteiger partial charge in [0.2, 0.25) is 0 Å². The van der Waals surface area contributed by atoms with Crippen molar-refractivity contribution in [2.45, 2.75) is 45.1 Å². The molecule has 18 heavy (non-hydrogen) atoms. The number of aromatic nitrogens is 2. The Hall–Kier alpha value is -1.52. The quantitative estimate of drug-likeness (QED) is 0.855. The van der Waals surface area contributed by atoms with E-state index in [0.717, 1.165) is 12.2 Å². The van der Waals surface area contributed by atoms with Gasteiger partial charge >= 0.3 is 6.03 Å². The van der Waals surface area contributed by atoms with Crippen LogP contribution in [0.3, 0.4) is 0 Å². The number of carbonyl (C=O) groups excluding carboxylic acids is 1. The topological polar surface area (TPSA) is 59.0 Å². The largest absolute Gasteiger partial charge is 0.341 e. The van der Waals surface area contributed by atoms with Crippen molar-refractivity contribution in [1.82, 2.24) is 20.2 Å². The molecule has 0 radical (unpaired) electrons. The minimum atomic E-state index is -0.134. The number of nitrogens with one attached hydrogen (secondary N) is 2. The van der Waals surface area contributed by atoms with Gasteiger partial charge in [0.25, 0.3) is 0 Å². The van der Waals surface area contributed by atoms with Crippen molar-refractivity contribution in [3.63, 3.8) is 0 Å².